The van der Waals surface area contributed by atoms with E-state index in [0.29, 0.717) is 18.0 Å². The number of nitrogens with zero attached hydrogens (tertiary/aromatic N) is 2. The quantitative estimate of drug-likeness (QED) is 0.903. The maximum absolute atomic E-state index is 12.3. The summed E-state index contributed by atoms with van der Waals surface area (Å²) in [5.74, 6) is 0.149. The lowest BCUT2D eigenvalue weighted by Crippen LogP contribution is -2.28. The Morgan fingerprint density at radius 2 is 2.29 bits per heavy atom. The first-order chi connectivity index (χ1) is 10.2. The van der Waals surface area contributed by atoms with Gasteiger partial charge in [0, 0.05) is 12.3 Å². The van der Waals surface area contributed by atoms with Gasteiger partial charge in [0.15, 0.2) is 5.82 Å². The number of carbonyl (C=O) groups is 1. The third-order valence-electron chi connectivity index (χ3n) is 4.38. The van der Waals surface area contributed by atoms with Crippen LogP contribution in [0.15, 0.2) is 6.07 Å². The summed E-state index contributed by atoms with van der Waals surface area (Å²) in [5.41, 5.74) is 2.62. The lowest BCUT2D eigenvalue weighted by atomic mass is 9.95. The van der Waals surface area contributed by atoms with Crippen molar-refractivity contribution >= 4 is 11.7 Å². The lowest BCUT2D eigenvalue weighted by molar-refractivity contribution is -0.121. The number of hydrogen-bond acceptors (Lipinski definition) is 4. The van der Waals surface area contributed by atoms with Crippen molar-refractivity contribution in [1.82, 2.24) is 4.98 Å². The van der Waals surface area contributed by atoms with Crippen LogP contribution in [0.1, 0.15) is 43.0 Å². The Bertz CT molecular complexity index is 606. The molecule has 0 unspecified atom stereocenters. The third kappa shape index (κ3) is 2.77. The van der Waals surface area contributed by atoms with Crippen LogP contribution in [0.25, 0.3) is 0 Å². The smallest absolute Gasteiger partial charge is 0.231 e. The van der Waals surface area contributed by atoms with Crippen LogP contribution in [0.4, 0.5) is 5.82 Å². The number of hydrogen-bond donors (Lipinski definition) is 1. The van der Waals surface area contributed by atoms with Gasteiger partial charge in [0.1, 0.15) is 6.07 Å². The van der Waals surface area contributed by atoms with Crippen LogP contribution >= 0.6 is 0 Å². The number of aryl methyl sites for hydroxylation is 2. The first-order valence-corrected chi connectivity index (χ1v) is 7.54. The Morgan fingerprint density at radius 1 is 1.48 bits per heavy atom. The molecule has 1 amide bonds. The van der Waals surface area contributed by atoms with Gasteiger partial charge >= 0.3 is 0 Å². The number of fused-ring (bicyclic) bond motifs is 1. The van der Waals surface area contributed by atoms with Crippen molar-refractivity contribution in [2.24, 2.45) is 5.92 Å². The number of aromatic nitrogens is 1. The monoisotopic (exact) mass is 285 g/mol. The standard InChI is InChI=1S/C16H19N3O2/c1-10-13(6-7-21-10)16(20)19-15-12(9-17)8-11-4-2-3-5-14(11)18-15/h8,10,13H,2-7H2,1H3,(H,18,19,20)/t10-,13+/m1/s1. The number of amides is 1. The van der Waals surface area contributed by atoms with Gasteiger partial charge in [-0.15, -0.1) is 0 Å². The van der Waals surface area contributed by atoms with Crippen LogP contribution in [0, 0.1) is 17.2 Å². The van der Waals surface area contributed by atoms with Gasteiger partial charge in [-0.05, 0) is 50.7 Å². The molecule has 0 aromatic carbocycles. The molecule has 21 heavy (non-hydrogen) atoms. The molecule has 110 valence electrons. The van der Waals surface area contributed by atoms with Crippen LogP contribution in [0.2, 0.25) is 0 Å². The number of ether oxygens (including phenoxy) is 1. The minimum Gasteiger partial charge on any atom is -0.378 e. The number of nitrogens with one attached hydrogen (secondary N) is 1. The molecular formula is C16H19N3O2. The number of anilines is 1. The molecule has 1 N–H and O–H groups in total. The zero-order chi connectivity index (χ0) is 14.8. The molecule has 5 nitrogen and oxygen atoms in total. The fraction of sp³-hybridized carbons (Fsp3) is 0.562. The second kappa shape index (κ2) is 5.82. The molecule has 5 heteroatoms. The van der Waals surface area contributed by atoms with Gasteiger partial charge in [-0.3, -0.25) is 4.79 Å². The predicted molar refractivity (Wildman–Crippen MR) is 77.7 cm³/mol. The zero-order valence-corrected chi connectivity index (χ0v) is 12.2. The topological polar surface area (TPSA) is 75.0 Å². The van der Waals surface area contributed by atoms with E-state index in [2.05, 4.69) is 16.4 Å². The Kier molecular flexibility index (Phi) is 3.89. The summed E-state index contributed by atoms with van der Waals surface area (Å²) in [5, 5.41) is 12.1. The summed E-state index contributed by atoms with van der Waals surface area (Å²) in [4.78, 5) is 16.8. The van der Waals surface area contributed by atoms with E-state index in [-0.39, 0.29) is 17.9 Å². The highest BCUT2D eigenvalue weighted by atomic mass is 16.5. The van der Waals surface area contributed by atoms with E-state index in [1.165, 1.54) is 0 Å². The first kappa shape index (κ1) is 14.0. The van der Waals surface area contributed by atoms with Gasteiger partial charge in [-0.1, -0.05) is 0 Å². The Morgan fingerprint density at radius 3 is 3.00 bits per heavy atom. The molecule has 1 aliphatic carbocycles. The molecule has 2 heterocycles. The minimum atomic E-state index is -0.158. The van der Waals surface area contributed by atoms with Crippen molar-refractivity contribution in [2.45, 2.75) is 45.1 Å². The van der Waals surface area contributed by atoms with Gasteiger partial charge in [-0.25, -0.2) is 4.98 Å². The van der Waals surface area contributed by atoms with Crippen LogP contribution < -0.4 is 5.32 Å². The average Bonchev–Trinajstić information content (AvgIpc) is 2.92. The molecule has 1 aromatic rings. The summed E-state index contributed by atoms with van der Waals surface area (Å²) in [7, 11) is 0. The fourth-order valence-corrected chi connectivity index (χ4v) is 3.10. The van der Waals surface area contributed by atoms with Crippen LogP contribution in [-0.4, -0.2) is 23.6 Å². The van der Waals surface area contributed by atoms with Gasteiger partial charge < -0.3 is 10.1 Å². The maximum Gasteiger partial charge on any atom is 0.231 e. The molecule has 0 spiro atoms. The highest BCUT2D eigenvalue weighted by molar-refractivity contribution is 5.93. The highest BCUT2D eigenvalue weighted by Crippen LogP contribution is 2.26. The molecule has 1 fully saturated rings. The molecule has 1 saturated heterocycles. The van der Waals surface area contributed by atoms with E-state index in [9.17, 15) is 10.1 Å². The van der Waals surface area contributed by atoms with Gasteiger partial charge in [0.2, 0.25) is 5.91 Å². The molecular weight excluding hydrogens is 266 g/mol. The third-order valence-corrected chi connectivity index (χ3v) is 4.38. The predicted octanol–water partition coefficient (Wildman–Crippen LogP) is 2.20. The van der Waals surface area contributed by atoms with Crippen LogP contribution in [0.3, 0.4) is 0 Å². The van der Waals surface area contributed by atoms with Gasteiger partial charge in [-0.2, -0.15) is 5.26 Å². The molecule has 2 atom stereocenters. The van der Waals surface area contributed by atoms with Crippen molar-refractivity contribution < 1.29 is 9.53 Å². The number of nitriles is 1. The van der Waals surface area contributed by atoms with E-state index >= 15 is 0 Å². The molecule has 0 radical (unpaired) electrons. The summed E-state index contributed by atoms with van der Waals surface area (Å²) in [6.45, 7) is 2.52. The summed E-state index contributed by atoms with van der Waals surface area (Å²) in [6.07, 6.45) is 4.80. The summed E-state index contributed by atoms with van der Waals surface area (Å²) >= 11 is 0. The van der Waals surface area contributed by atoms with Crippen molar-refractivity contribution in [3.05, 3.63) is 22.9 Å². The fourth-order valence-electron chi connectivity index (χ4n) is 3.10. The lowest BCUT2D eigenvalue weighted by Gasteiger charge is -2.18. The summed E-state index contributed by atoms with van der Waals surface area (Å²) in [6, 6.07) is 4.03. The number of carbonyl (C=O) groups excluding carboxylic acids is 1. The van der Waals surface area contributed by atoms with E-state index < -0.39 is 0 Å². The summed E-state index contributed by atoms with van der Waals surface area (Å²) < 4.78 is 5.43. The molecule has 0 saturated carbocycles. The van der Waals surface area contributed by atoms with Crippen molar-refractivity contribution in [2.75, 3.05) is 11.9 Å². The molecule has 2 aliphatic rings. The minimum absolute atomic E-state index is 0.0758. The van der Waals surface area contributed by atoms with Crippen LogP contribution in [0.5, 0.6) is 0 Å². The van der Waals surface area contributed by atoms with E-state index in [1.807, 2.05) is 13.0 Å². The Balaban J connectivity index is 1.84. The second-order valence-electron chi connectivity index (χ2n) is 5.77. The second-order valence-corrected chi connectivity index (χ2v) is 5.77. The van der Waals surface area contributed by atoms with Gasteiger partial charge in [0.05, 0.1) is 17.6 Å². The molecule has 3 rings (SSSR count). The normalized spacial score (nSPS) is 24.2. The van der Waals surface area contributed by atoms with Gasteiger partial charge in [0.25, 0.3) is 0 Å². The van der Waals surface area contributed by atoms with Crippen molar-refractivity contribution in [1.29, 1.82) is 5.26 Å². The number of rotatable bonds is 2. The first-order valence-electron chi connectivity index (χ1n) is 7.54. The molecule has 0 bridgehead atoms. The molecule has 1 aliphatic heterocycles. The van der Waals surface area contributed by atoms with Crippen LogP contribution in [-0.2, 0) is 22.4 Å². The van der Waals surface area contributed by atoms with E-state index in [4.69, 9.17) is 4.74 Å². The zero-order valence-electron chi connectivity index (χ0n) is 12.2. The number of pyridine rings is 1. The molecule has 1 aromatic heterocycles. The highest BCUT2D eigenvalue weighted by Gasteiger charge is 2.31. The largest absolute Gasteiger partial charge is 0.378 e. The SMILES string of the molecule is C[C@H]1OCC[C@@H]1C(=O)Nc1nc2c(cc1C#N)CCCC2. The van der Waals surface area contributed by atoms with E-state index in [0.717, 1.165) is 43.4 Å². The Hall–Kier alpha value is -1.93. The van der Waals surface area contributed by atoms with Crippen molar-refractivity contribution in [3.8, 4) is 6.07 Å². The van der Waals surface area contributed by atoms with Crippen molar-refractivity contribution in [3.63, 3.8) is 0 Å². The maximum atomic E-state index is 12.3. The average molecular weight is 285 g/mol. The van der Waals surface area contributed by atoms with E-state index in [1.54, 1.807) is 0 Å². The Labute approximate surface area is 124 Å².